The third-order valence-electron chi connectivity index (χ3n) is 10.5. The molecule has 3 nitrogen and oxygen atoms in total. The van der Waals surface area contributed by atoms with Crippen molar-refractivity contribution in [1.29, 1.82) is 0 Å². The average Bonchev–Trinajstić information content (AvgIpc) is 3.14. The molecule has 0 aromatic carbocycles. The molecule has 3 saturated carbocycles. The lowest BCUT2D eigenvalue weighted by Gasteiger charge is -2.58. The van der Waals surface area contributed by atoms with Gasteiger partial charge in [0, 0.05) is 25.7 Å². The first kappa shape index (κ1) is 19.4. The Morgan fingerprint density at radius 1 is 1.18 bits per heavy atom. The Hall–Kier alpha value is -0.540. The molecule has 28 heavy (non-hydrogen) atoms. The van der Waals surface area contributed by atoms with Crippen LogP contribution in [0.3, 0.4) is 0 Å². The van der Waals surface area contributed by atoms with Crippen molar-refractivity contribution >= 4 is 17.0 Å². The second kappa shape index (κ2) is 6.48. The molecule has 1 spiro atoms. The van der Waals surface area contributed by atoms with Gasteiger partial charge in [0.25, 0.3) is 0 Å². The molecule has 0 radical (unpaired) electrons. The van der Waals surface area contributed by atoms with Gasteiger partial charge in [-0.3, -0.25) is 4.79 Å². The van der Waals surface area contributed by atoms with Gasteiger partial charge in [-0.05, 0) is 111 Å². The molecule has 1 amide bonds. The van der Waals surface area contributed by atoms with Crippen LogP contribution in [0, 0.1) is 34.5 Å². The van der Waals surface area contributed by atoms with Gasteiger partial charge in [0.05, 0.1) is 0 Å². The quantitative estimate of drug-likeness (QED) is 0.325. The number of rotatable bonds is 1. The molecule has 0 aromatic heterocycles. The minimum atomic E-state index is -0.307. The minimum Gasteiger partial charge on any atom is -0.329 e. The summed E-state index contributed by atoms with van der Waals surface area (Å²) in [6, 6.07) is 1.06. The molecule has 0 N–H and O–H groups in total. The lowest BCUT2D eigenvalue weighted by Crippen LogP contribution is -2.52. The van der Waals surface area contributed by atoms with Crippen molar-refractivity contribution in [3.05, 3.63) is 11.6 Å². The number of halogens is 1. The lowest BCUT2D eigenvalue weighted by atomic mass is 9.47. The van der Waals surface area contributed by atoms with Crippen molar-refractivity contribution in [2.45, 2.75) is 77.3 Å². The SMILES string of the molecule is C[C@H]1[C@H]2CC[C@H]3[C@@H]4CC=C5C[C@@H](N(C)C(=O)Cl)CC[C@]5(C)[C@H]4CCC23CN1C. The zero-order valence-corrected chi connectivity index (χ0v) is 18.8. The van der Waals surface area contributed by atoms with E-state index in [0.29, 0.717) is 10.8 Å². The summed E-state index contributed by atoms with van der Waals surface area (Å²) >= 11 is 5.78. The van der Waals surface area contributed by atoms with E-state index >= 15 is 0 Å². The van der Waals surface area contributed by atoms with Crippen molar-refractivity contribution in [1.82, 2.24) is 9.80 Å². The number of allylic oxidation sites excluding steroid dienone is 1. The van der Waals surface area contributed by atoms with Gasteiger partial charge in [0.2, 0.25) is 0 Å². The number of likely N-dealkylation sites (tertiary alicyclic amines) is 1. The molecule has 1 aliphatic heterocycles. The maximum atomic E-state index is 11.7. The largest absolute Gasteiger partial charge is 0.329 e. The maximum Gasteiger partial charge on any atom is 0.316 e. The fourth-order valence-corrected chi connectivity index (χ4v) is 9.06. The average molecular weight is 405 g/mol. The van der Waals surface area contributed by atoms with E-state index < -0.39 is 0 Å². The van der Waals surface area contributed by atoms with Gasteiger partial charge in [-0.25, -0.2) is 0 Å². The van der Waals surface area contributed by atoms with Gasteiger partial charge in [-0.2, -0.15) is 0 Å². The number of hydrogen-bond donors (Lipinski definition) is 0. The summed E-state index contributed by atoms with van der Waals surface area (Å²) in [6.45, 7) is 6.37. The molecule has 5 rings (SSSR count). The highest BCUT2D eigenvalue weighted by molar-refractivity contribution is 6.62. The van der Waals surface area contributed by atoms with Crippen LogP contribution in [0.15, 0.2) is 11.6 Å². The Bertz CT molecular complexity index is 707. The molecule has 5 aliphatic rings. The zero-order valence-electron chi connectivity index (χ0n) is 18.1. The van der Waals surface area contributed by atoms with E-state index in [4.69, 9.17) is 11.6 Å². The van der Waals surface area contributed by atoms with Crippen molar-refractivity contribution in [2.75, 3.05) is 20.6 Å². The van der Waals surface area contributed by atoms with E-state index in [1.165, 1.54) is 45.1 Å². The van der Waals surface area contributed by atoms with Crippen LogP contribution < -0.4 is 0 Å². The third-order valence-corrected chi connectivity index (χ3v) is 10.8. The van der Waals surface area contributed by atoms with Gasteiger partial charge in [-0.15, -0.1) is 0 Å². The van der Waals surface area contributed by atoms with Crippen LogP contribution in [-0.2, 0) is 0 Å². The van der Waals surface area contributed by atoms with E-state index in [9.17, 15) is 4.79 Å². The monoisotopic (exact) mass is 404 g/mol. The van der Waals surface area contributed by atoms with Crippen LogP contribution in [-0.4, -0.2) is 47.9 Å². The van der Waals surface area contributed by atoms with E-state index in [1.807, 2.05) is 7.05 Å². The van der Waals surface area contributed by atoms with Gasteiger partial charge in [0.1, 0.15) is 0 Å². The zero-order chi connectivity index (χ0) is 19.8. The number of amides is 1. The Kier molecular flexibility index (Phi) is 4.49. The predicted octanol–water partition coefficient (Wildman–Crippen LogP) is 5.54. The van der Waals surface area contributed by atoms with Gasteiger partial charge in [-0.1, -0.05) is 18.6 Å². The Morgan fingerprint density at radius 3 is 2.68 bits per heavy atom. The van der Waals surface area contributed by atoms with Crippen molar-refractivity contribution in [3.63, 3.8) is 0 Å². The fourth-order valence-electron chi connectivity index (χ4n) is 8.92. The van der Waals surface area contributed by atoms with Crippen molar-refractivity contribution in [3.8, 4) is 0 Å². The molecule has 0 aromatic rings. The number of hydrogen-bond acceptors (Lipinski definition) is 2. The van der Waals surface area contributed by atoms with Gasteiger partial charge >= 0.3 is 5.37 Å². The Morgan fingerprint density at radius 2 is 1.93 bits per heavy atom. The number of carbonyl (C=O) groups excluding carboxylic acids is 1. The van der Waals surface area contributed by atoms with Crippen LogP contribution in [0.2, 0.25) is 0 Å². The standard InChI is InChI=1S/C24H37ClN2O/c1-15-19-7-8-21-18-6-5-16-13-17(27(4)22(25)28)9-11-23(16,2)20(18)10-12-24(19,21)14-26(15)3/h5,15,17-21H,6-14H2,1-4H3/t15-,17-,18+,19+,20-,21-,23-,24?/m0/s1. The minimum absolute atomic E-state index is 0.288. The van der Waals surface area contributed by atoms with Crippen LogP contribution >= 0.6 is 11.6 Å². The topological polar surface area (TPSA) is 23.6 Å². The first-order valence-corrected chi connectivity index (χ1v) is 12.0. The first-order valence-electron chi connectivity index (χ1n) is 11.6. The van der Waals surface area contributed by atoms with Crippen LogP contribution in [0.25, 0.3) is 0 Å². The Labute approximate surface area is 175 Å². The van der Waals surface area contributed by atoms with E-state index in [1.54, 1.807) is 10.5 Å². The molecule has 1 heterocycles. The smallest absolute Gasteiger partial charge is 0.316 e. The predicted molar refractivity (Wildman–Crippen MR) is 114 cm³/mol. The molecule has 1 saturated heterocycles. The summed E-state index contributed by atoms with van der Waals surface area (Å²) in [6.07, 6.45) is 13.0. The van der Waals surface area contributed by atoms with Crippen molar-refractivity contribution in [2.24, 2.45) is 34.5 Å². The number of fused-ring (bicyclic) bond motifs is 4. The molecule has 4 aliphatic carbocycles. The second-order valence-electron chi connectivity index (χ2n) is 11.1. The molecule has 8 atom stereocenters. The molecule has 4 fully saturated rings. The molecule has 1 unspecified atom stereocenters. The molecule has 156 valence electrons. The fraction of sp³-hybridized carbons (Fsp3) is 0.875. The lowest BCUT2D eigenvalue weighted by molar-refractivity contribution is -0.0424. The summed E-state index contributed by atoms with van der Waals surface area (Å²) in [5, 5.41) is -0.307. The maximum absolute atomic E-state index is 11.7. The van der Waals surface area contributed by atoms with E-state index in [2.05, 4.69) is 31.9 Å². The summed E-state index contributed by atoms with van der Waals surface area (Å²) in [4.78, 5) is 16.1. The summed E-state index contributed by atoms with van der Waals surface area (Å²) in [5.74, 6) is 3.60. The normalized spacial score (nSPS) is 50.2. The highest BCUT2D eigenvalue weighted by atomic mass is 35.5. The van der Waals surface area contributed by atoms with Crippen molar-refractivity contribution < 1.29 is 4.79 Å². The molecule has 0 bridgehead atoms. The van der Waals surface area contributed by atoms with E-state index in [0.717, 1.165) is 42.6 Å². The number of nitrogens with zero attached hydrogens (tertiary/aromatic N) is 2. The van der Waals surface area contributed by atoms with Crippen LogP contribution in [0.4, 0.5) is 4.79 Å². The summed E-state index contributed by atoms with van der Waals surface area (Å²) < 4.78 is 0. The summed E-state index contributed by atoms with van der Waals surface area (Å²) in [5.41, 5.74) is 2.60. The highest BCUT2D eigenvalue weighted by Crippen LogP contribution is 2.68. The van der Waals surface area contributed by atoms with Crippen LogP contribution in [0.1, 0.15) is 65.2 Å². The highest BCUT2D eigenvalue weighted by Gasteiger charge is 2.64. The third kappa shape index (κ3) is 2.47. The van der Waals surface area contributed by atoms with Gasteiger partial charge < -0.3 is 9.80 Å². The first-order chi connectivity index (χ1) is 13.3. The number of carbonyl (C=O) groups is 1. The summed E-state index contributed by atoms with van der Waals surface area (Å²) in [7, 11) is 4.23. The Balaban J connectivity index is 1.42. The second-order valence-corrected chi connectivity index (χ2v) is 11.5. The molecular formula is C24H37ClN2O. The van der Waals surface area contributed by atoms with E-state index in [-0.39, 0.29) is 11.4 Å². The molecule has 4 heteroatoms. The molecular weight excluding hydrogens is 368 g/mol. The van der Waals surface area contributed by atoms with Gasteiger partial charge in [0.15, 0.2) is 0 Å². The van der Waals surface area contributed by atoms with Crippen LogP contribution in [0.5, 0.6) is 0 Å².